The number of β-amino-alcohol motifs (C(OH)–C–C–N with tert-alkyl or cyclic N) is 1. The molecule has 1 saturated heterocycles. The normalized spacial score (nSPS) is 22.4. The highest BCUT2D eigenvalue weighted by molar-refractivity contribution is 5.78. The number of aliphatic hydroxyl groups is 1. The Hall–Kier alpha value is -1.67. The van der Waals surface area contributed by atoms with E-state index in [4.69, 9.17) is 0 Å². The fraction of sp³-hybridized carbons (Fsp3) is 0.562. The fourth-order valence-electron chi connectivity index (χ4n) is 2.68. The Kier molecular flexibility index (Phi) is 5.82. The van der Waals surface area contributed by atoms with E-state index in [-0.39, 0.29) is 24.6 Å². The third-order valence-electron chi connectivity index (χ3n) is 4.22. The molecule has 134 valence electrons. The van der Waals surface area contributed by atoms with Gasteiger partial charge in [0.2, 0.25) is 5.91 Å². The second-order valence-corrected chi connectivity index (χ2v) is 6.14. The molecule has 2 rings (SSSR count). The number of amides is 1. The van der Waals surface area contributed by atoms with Gasteiger partial charge in [0.05, 0.1) is 18.2 Å². The molecule has 2 unspecified atom stereocenters. The molecule has 0 saturated carbocycles. The fourth-order valence-corrected chi connectivity index (χ4v) is 2.68. The molecule has 0 bridgehead atoms. The molecule has 1 aromatic rings. The van der Waals surface area contributed by atoms with Gasteiger partial charge in [-0.25, -0.2) is 4.39 Å². The number of carbonyl (C=O) groups is 1. The summed E-state index contributed by atoms with van der Waals surface area (Å²) in [5.74, 6) is -1.25. The molecule has 1 aliphatic heterocycles. The van der Waals surface area contributed by atoms with Crippen LogP contribution < -0.4 is 5.32 Å². The van der Waals surface area contributed by atoms with Crippen molar-refractivity contribution in [2.45, 2.75) is 32.2 Å². The molecule has 2 N–H and O–H groups in total. The molecule has 1 aliphatic rings. The highest BCUT2D eigenvalue weighted by Gasteiger charge is 2.33. The Bertz CT molecular complexity index is 592. The van der Waals surface area contributed by atoms with Crippen LogP contribution >= 0.6 is 0 Å². The van der Waals surface area contributed by atoms with Gasteiger partial charge in [0.1, 0.15) is 5.82 Å². The Balaban J connectivity index is 1.93. The van der Waals surface area contributed by atoms with Crippen molar-refractivity contribution >= 4 is 5.91 Å². The number of nitrogens with zero attached hydrogens (tertiary/aromatic N) is 1. The number of nitrogens with one attached hydrogen (secondary N) is 1. The van der Waals surface area contributed by atoms with E-state index in [1.54, 1.807) is 4.90 Å². The van der Waals surface area contributed by atoms with Gasteiger partial charge < -0.3 is 10.4 Å². The van der Waals surface area contributed by atoms with Crippen molar-refractivity contribution < 1.29 is 27.5 Å². The minimum Gasteiger partial charge on any atom is -0.392 e. The van der Waals surface area contributed by atoms with Gasteiger partial charge in [-0.05, 0) is 36.6 Å². The van der Waals surface area contributed by atoms with Crippen LogP contribution in [-0.4, -0.2) is 41.7 Å². The van der Waals surface area contributed by atoms with E-state index in [9.17, 15) is 27.5 Å². The SMILES string of the molecule is CC1CCN(CC(=O)NCc2ccc(F)cc2C(F)(F)F)CC1O. The quantitative estimate of drug-likeness (QED) is 0.820. The van der Waals surface area contributed by atoms with Crippen molar-refractivity contribution in [1.29, 1.82) is 0 Å². The molecule has 1 heterocycles. The molecule has 1 amide bonds. The lowest BCUT2D eigenvalue weighted by Crippen LogP contribution is -2.47. The summed E-state index contributed by atoms with van der Waals surface area (Å²) in [5.41, 5.74) is -1.28. The maximum Gasteiger partial charge on any atom is 0.416 e. The van der Waals surface area contributed by atoms with Crippen molar-refractivity contribution in [3.63, 3.8) is 0 Å². The molecule has 8 heteroatoms. The van der Waals surface area contributed by atoms with Crippen LogP contribution in [0.1, 0.15) is 24.5 Å². The van der Waals surface area contributed by atoms with Crippen LogP contribution in [0.5, 0.6) is 0 Å². The van der Waals surface area contributed by atoms with E-state index < -0.39 is 29.6 Å². The monoisotopic (exact) mass is 348 g/mol. The van der Waals surface area contributed by atoms with Gasteiger partial charge >= 0.3 is 6.18 Å². The van der Waals surface area contributed by atoms with Crippen LogP contribution in [0.2, 0.25) is 0 Å². The average molecular weight is 348 g/mol. The Morgan fingerprint density at radius 1 is 1.42 bits per heavy atom. The third-order valence-corrected chi connectivity index (χ3v) is 4.22. The Morgan fingerprint density at radius 3 is 2.75 bits per heavy atom. The first-order chi connectivity index (χ1) is 11.2. The van der Waals surface area contributed by atoms with E-state index in [1.807, 2.05) is 6.92 Å². The summed E-state index contributed by atoms with van der Waals surface area (Å²) < 4.78 is 51.7. The summed E-state index contributed by atoms with van der Waals surface area (Å²) in [4.78, 5) is 13.7. The predicted octanol–water partition coefficient (Wildman–Crippen LogP) is 2.16. The summed E-state index contributed by atoms with van der Waals surface area (Å²) in [7, 11) is 0. The summed E-state index contributed by atoms with van der Waals surface area (Å²) in [6, 6.07) is 2.37. The van der Waals surface area contributed by atoms with Crippen molar-refractivity contribution in [2.75, 3.05) is 19.6 Å². The van der Waals surface area contributed by atoms with Crippen molar-refractivity contribution in [3.05, 3.63) is 35.1 Å². The standard InChI is InChI=1S/C16H20F4N2O2/c1-10-4-5-22(8-14(10)23)9-15(24)21-7-11-2-3-12(17)6-13(11)16(18,19)20/h2-3,6,10,14,23H,4-5,7-9H2,1H3,(H,21,24). The van der Waals surface area contributed by atoms with Crippen molar-refractivity contribution in [3.8, 4) is 0 Å². The second kappa shape index (κ2) is 7.48. The van der Waals surface area contributed by atoms with E-state index in [0.29, 0.717) is 19.2 Å². The van der Waals surface area contributed by atoms with Crippen LogP contribution in [0.25, 0.3) is 0 Å². The number of piperidine rings is 1. The number of likely N-dealkylation sites (tertiary alicyclic amines) is 1. The van der Waals surface area contributed by atoms with Crippen LogP contribution in [0, 0.1) is 11.7 Å². The van der Waals surface area contributed by atoms with Gasteiger partial charge in [-0.15, -0.1) is 0 Å². The molecule has 4 nitrogen and oxygen atoms in total. The molecule has 2 atom stereocenters. The van der Waals surface area contributed by atoms with Crippen LogP contribution in [-0.2, 0) is 17.5 Å². The summed E-state index contributed by atoms with van der Waals surface area (Å²) in [6.07, 6.45) is -4.44. The first-order valence-electron chi connectivity index (χ1n) is 7.69. The average Bonchev–Trinajstić information content (AvgIpc) is 2.49. The van der Waals surface area contributed by atoms with E-state index >= 15 is 0 Å². The Morgan fingerprint density at radius 2 is 2.12 bits per heavy atom. The van der Waals surface area contributed by atoms with Gasteiger partial charge in [-0.3, -0.25) is 9.69 Å². The third kappa shape index (κ3) is 4.91. The van der Waals surface area contributed by atoms with Gasteiger partial charge in [0, 0.05) is 13.1 Å². The second-order valence-electron chi connectivity index (χ2n) is 6.14. The van der Waals surface area contributed by atoms with Crippen LogP contribution in [0.4, 0.5) is 17.6 Å². The first kappa shape index (κ1) is 18.7. The van der Waals surface area contributed by atoms with Crippen molar-refractivity contribution in [2.24, 2.45) is 5.92 Å². The van der Waals surface area contributed by atoms with E-state index in [2.05, 4.69) is 5.32 Å². The number of hydrogen-bond donors (Lipinski definition) is 2. The lowest BCUT2D eigenvalue weighted by Gasteiger charge is -2.33. The minimum absolute atomic E-state index is 0.00628. The summed E-state index contributed by atoms with van der Waals surface area (Å²) in [6.45, 7) is 2.61. The van der Waals surface area contributed by atoms with Gasteiger partial charge in [0.25, 0.3) is 0 Å². The molecular weight excluding hydrogens is 328 g/mol. The molecule has 0 aliphatic carbocycles. The number of carbonyl (C=O) groups excluding carboxylic acids is 1. The zero-order chi connectivity index (χ0) is 17.9. The minimum atomic E-state index is -4.69. The zero-order valence-corrected chi connectivity index (χ0v) is 13.2. The number of benzene rings is 1. The van der Waals surface area contributed by atoms with E-state index in [0.717, 1.165) is 18.6 Å². The van der Waals surface area contributed by atoms with Gasteiger partial charge in [-0.2, -0.15) is 13.2 Å². The van der Waals surface area contributed by atoms with Crippen LogP contribution in [0.15, 0.2) is 18.2 Å². The zero-order valence-electron chi connectivity index (χ0n) is 13.2. The molecule has 1 aromatic carbocycles. The van der Waals surface area contributed by atoms with Crippen LogP contribution in [0.3, 0.4) is 0 Å². The smallest absolute Gasteiger partial charge is 0.392 e. The molecule has 0 radical (unpaired) electrons. The maximum atomic E-state index is 13.0. The van der Waals surface area contributed by atoms with Gasteiger partial charge in [0.15, 0.2) is 0 Å². The topological polar surface area (TPSA) is 52.6 Å². The lowest BCUT2D eigenvalue weighted by atomic mass is 9.96. The highest BCUT2D eigenvalue weighted by atomic mass is 19.4. The maximum absolute atomic E-state index is 13.0. The molecule has 0 spiro atoms. The summed E-state index contributed by atoms with van der Waals surface area (Å²) >= 11 is 0. The number of alkyl halides is 3. The lowest BCUT2D eigenvalue weighted by molar-refractivity contribution is -0.138. The number of rotatable bonds is 4. The largest absolute Gasteiger partial charge is 0.416 e. The number of aliphatic hydroxyl groups excluding tert-OH is 1. The molecule has 24 heavy (non-hydrogen) atoms. The molecule has 1 fully saturated rings. The van der Waals surface area contributed by atoms with Crippen molar-refractivity contribution in [1.82, 2.24) is 10.2 Å². The predicted molar refractivity (Wildman–Crippen MR) is 79.5 cm³/mol. The van der Waals surface area contributed by atoms with Gasteiger partial charge in [-0.1, -0.05) is 13.0 Å². The number of halogens is 4. The number of hydrogen-bond acceptors (Lipinski definition) is 3. The van der Waals surface area contributed by atoms with E-state index in [1.165, 1.54) is 0 Å². The molecular formula is C16H20F4N2O2. The highest BCUT2D eigenvalue weighted by Crippen LogP contribution is 2.32. The first-order valence-corrected chi connectivity index (χ1v) is 7.69. The Labute approximate surface area is 137 Å². The summed E-state index contributed by atoms with van der Waals surface area (Å²) in [5, 5.41) is 12.2. The molecule has 0 aromatic heterocycles.